The molecule has 2 heterocycles. The van der Waals surface area contributed by atoms with E-state index in [1.54, 1.807) is 62.0 Å². The van der Waals surface area contributed by atoms with Gasteiger partial charge in [0.15, 0.2) is 14.4 Å². The fourth-order valence-electron chi connectivity index (χ4n) is 3.67. The van der Waals surface area contributed by atoms with Crippen molar-refractivity contribution < 1.29 is 85.3 Å². The lowest BCUT2D eigenvalue weighted by molar-refractivity contribution is -0.192. The predicted octanol–water partition coefficient (Wildman–Crippen LogP) is 2.13. The van der Waals surface area contributed by atoms with Crippen LogP contribution in [0.2, 0.25) is 0 Å². The van der Waals surface area contributed by atoms with Crippen LogP contribution in [0.5, 0.6) is 0 Å². The number of amides is 1. The van der Waals surface area contributed by atoms with Gasteiger partial charge in [-0.2, -0.15) is 22.8 Å². The Morgan fingerprint density at radius 3 is 1.62 bits per heavy atom. The van der Waals surface area contributed by atoms with Crippen molar-refractivity contribution in [2.45, 2.75) is 79.4 Å². The highest BCUT2D eigenvalue weighted by molar-refractivity contribution is 7.29. The zero-order valence-electron chi connectivity index (χ0n) is 33.7. The Hall–Kier alpha value is -3.06. The number of allylic oxidation sites excluding steroid dienone is 1. The molecule has 0 aliphatic carbocycles. The van der Waals surface area contributed by atoms with Crippen molar-refractivity contribution in [1.29, 1.82) is 2.90 Å². The van der Waals surface area contributed by atoms with E-state index in [0.29, 0.717) is 13.2 Å². The zero-order valence-corrected chi connectivity index (χ0v) is 33.5. The maximum absolute atomic E-state index is 11.8. The number of halogens is 5. The molecular formula is C29H57F5N4O13P2. The first-order valence-corrected chi connectivity index (χ1v) is 18.0. The van der Waals surface area contributed by atoms with Crippen LogP contribution < -0.4 is 10.9 Å². The second-order valence-electron chi connectivity index (χ2n) is 9.36. The van der Waals surface area contributed by atoms with E-state index in [1.165, 1.54) is 16.9 Å². The minimum Gasteiger partial charge on any atom is -0.466 e. The number of carbonyl (C=O) groups excluding carboxylic acids is 6. The fraction of sp³-hybridized carbons (Fsp3) is 0.759. The number of rotatable bonds is 7. The molecule has 2 aliphatic heterocycles. The monoisotopic (exact) mass is 830 g/mol. The van der Waals surface area contributed by atoms with Crippen molar-refractivity contribution in [3.8, 4) is 0 Å². The van der Waals surface area contributed by atoms with Crippen LogP contribution in [0.25, 0.3) is 0 Å². The van der Waals surface area contributed by atoms with E-state index in [1.807, 2.05) is 6.92 Å². The van der Waals surface area contributed by atoms with Crippen molar-refractivity contribution in [1.82, 2.24) is 20.9 Å². The molecule has 0 radical (unpaired) electrons. The fourth-order valence-corrected chi connectivity index (χ4v) is 3.67. The Balaban J connectivity index is -0.000000105. The molecule has 53 heavy (non-hydrogen) atoms. The van der Waals surface area contributed by atoms with Gasteiger partial charge in [-0.25, -0.2) is 20.7 Å². The lowest BCUT2D eigenvalue weighted by atomic mass is 10.0. The molecule has 0 aromatic rings. The summed E-state index contributed by atoms with van der Waals surface area (Å²) in [5.41, 5.74) is 5.42. The molecule has 17 nitrogen and oxygen atoms in total. The lowest BCUT2D eigenvalue weighted by Crippen LogP contribution is -2.36. The molecule has 0 aromatic carbocycles. The van der Waals surface area contributed by atoms with Crippen LogP contribution in [0.3, 0.4) is 0 Å². The van der Waals surface area contributed by atoms with Gasteiger partial charge in [-0.15, -0.1) is 0 Å². The molecule has 6 atom stereocenters. The van der Waals surface area contributed by atoms with E-state index in [2.05, 4.69) is 18.5 Å². The van der Waals surface area contributed by atoms with Crippen molar-refractivity contribution in [3.63, 3.8) is 0 Å². The van der Waals surface area contributed by atoms with Gasteiger partial charge in [-0.05, 0) is 54.6 Å². The maximum Gasteiger partial charge on any atom is 0.410 e. The highest BCUT2D eigenvalue weighted by Gasteiger charge is 2.43. The average Bonchev–Trinajstić information content (AvgIpc) is 3.52. The molecule has 2 saturated heterocycles. The van der Waals surface area contributed by atoms with Gasteiger partial charge in [-0.3, -0.25) is 33.4 Å². The highest BCUT2D eigenvalue weighted by Crippen LogP contribution is 2.21. The van der Waals surface area contributed by atoms with E-state index in [4.69, 9.17) is 43.1 Å². The molecule has 0 saturated carbocycles. The summed E-state index contributed by atoms with van der Waals surface area (Å²) in [5, 5.41) is 20.0. The van der Waals surface area contributed by atoms with Crippen molar-refractivity contribution in [2.24, 2.45) is 11.8 Å². The number of hydrazine groups is 2. The first-order chi connectivity index (χ1) is 25.7. The van der Waals surface area contributed by atoms with Gasteiger partial charge in [0.1, 0.15) is 12.1 Å². The van der Waals surface area contributed by atoms with Crippen LogP contribution in [0.15, 0.2) is 11.6 Å². The van der Waals surface area contributed by atoms with Crippen LogP contribution in [-0.2, 0) is 47.5 Å². The zero-order chi connectivity index (χ0) is 45.3. The average molecular weight is 831 g/mol. The third kappa shape index (κ3) is 33.3. The second kappa shape index (κ2) is 40.1. The van der Waals surface area contributed by atoms with Crippen molar-refractivity contribution in [3.05, 3.63) is 11.6 Å². The Bertz CT molecular complexity index is 1060. The van der Waals surface area contributed by atoms with Crippen LogP contribution in [0, 0.1) is 11.8 Å². The van der Waals surface area contributed by atoms with E-state index < -0.39 is 36.2 Å². The molecule has 6 unspecified atom stereocenters. The Morgan fingerprint density at radius 1 is 0.981 bits per heavy atom. The highest BCUT2D eigenvalue weighted by atomic mass is 31.1. The minimum atomic E-state index is -4.46. The summed E-state index contributed by atoms with van der Waals surface area (Å²) in [5.74, 6) is -3.11. The Kier molecular flexibility index (Phi) is 44.8. The molecule has 2 aliphatic rings. The van der Waals surface area contributed by atoms with Gasteiger partial charge in [0.25, 0.3) is 8.81 Å². The second-order valence-corrected chi connectivity index (χ2v) is 10.2. The van der Waals surface area contributed by atoms with Crippen LogP contribution in [0.4, 0.5) is 22.6 Å². The van der Waals surface area contributed by atoms with Gasteiger partial charge in [-0.1, -0.05) is 6.92 Å². The number of nitrogens with one attached hydrogen (secondary N) is 2. The summed E-state index contributed by atoms with van der Waals surface area (Å²) in [7, 11) is 3.54. The molecule has 0 aromatic heterocycles. The number of carbonyl (C=O) groups is 4. The first-order valence-electron chi connectivity index (χ1n) is 16.1. The summed E-state index contributed by atoms with van der Waals surface area (Å²) in [6.45, 7) is 16.0. The van der Waals surface area contributed by atoms with E-state index in [9.17, 15) is 37.5 Å². The quantitative estimate of drug-likeness (QED) is 0.0617. The van der Waals surface area contributed by atoms with Gasteiger partial charge in [0, 0.05) is 59.9 Å². The van der Waals surface area contributed by atoms with Gasteiger partial charge in [0.2, 0.25) is 0 Å². The van der Waals surface area contributed by atoms with Gasteiger partial charge < -0.3 is 29.3 Å². The van der Waals surface area contributed by atoms with Gasteiger partial charge in [0.05, 0.1) is 19.8 Å². The number of nitrogens with zero attached hydrogens (tertiary/aromatic N) is 2. The number of aliphatic hydroxyl groups excluding tert-OH is 2. The number of hydrogen-bond acceptors (Lipinski definition) is 16. The SMILES string of the molecule is CCO.CCOC(=O)/C(=C\C(F)(F)F)CC.CCOC(=O)C1C(=O)N(C)NC1C.CCOC(=O)C1C(C)NN(C)C1O.CP=O.CPO.O=C=O.[3H]F.[3H]F. The van der Waals surface area contributed by atoms with Crippen LogP contribution in [0.1, 0.15) is 54.9 Å². The Morgan fingerprint density at radius 2 is 1.36 bits per heavy atom. The number of aliphatic hydroxyl groups is 2. The smallest absolute Gasteiger partial charge is 0.410 e. The molecule has 2 rings (SSSR count). The van der Waals surface area contributed by atoms with Crippen molar-refractivity contribution in [2.75, 3.05) is 53.9 Å². The van der Waals surface area contributed by atoms with E-state index in [-0.39, 0.29) is 78.7 Å². The summed E-state index contributed by atoms with van der Waals surface area (Å²) in [6.07, 6.45) is -5.02. The molecule has 0 bridgehead atoms. The van der Waals surface area contributed by atoms with Crippen molar-refractivity contribution >= 4 is 47.2 Å². The molecule has 316 valence electrons. The number of ether oxygens (including phenoxy) is 3. The minimum absolute atomic E-state index is 0.0122. The standard InChI is InChI=1S/C8H11F3O2.C8H16N2O3.C8H14N2O3.C2H6O.CO2.CH5OP.CH3OP.2FH/c1-3-6(5-8(9,10)11)7(12)13-4-2;2*1-4-13-8(12)6-5(2)9-10(3)7(6)11;1-2-3;2-1-3;2*1-3-2;;/h5H,3-4H2,1-2H3;5-7,9,11H,4H2,1-3H3;5-6,9H,4H2,1-3H3;3H,2H2,1H3;;2-3H,1H3;1H3;2*1H/b6-5-;;;;;;;;/i/hT2. The molecule has 5 N–H and O–H groups in total. The number of hydrogen-bond donors (Lipinski definition) is 5. The number of alkyl halides is 3. The normalized spacial score (nSPS) is 20.3. The topological polar surface area (TPSA) is 238 Å². The molecular weight excluding hydrogens is 769 g/mol. The van der Waals surface area contributed by atoms with E-state index in [0.717, 1.165) is 0 Å². The first kappa shape index (κ1) is 59.2. The third-order valence-electron chi connectivity index (χ3n) is 5.51. The largest absolute Gasteiger partial charge is 0.466 e. The summed E-state index contributed by atoms with van der Waals surface area (Å²) in [6, 6.07) is -0.268. The lowest BCUT2D eigenvalue weighted by Gasteiger charge is -2.16. The molecule has 0 spiro atoms. The summed E-state index contributed by atoms with van der Waals surface area (Å²) < 4.78 is 84.4. The Labute approximate surface area is 313 Å². The molecule has 1 amide bonds. The third-order valence-corrected chi connectivity index (χ3v) is 5.51. The van der Waals surface area contributed by atoms with Gasteiger partial charge >= 0.3 is 30.2 Å². The maximum atomic E-state index is 11.8. The molecule has 24 heteroatoms. The summed E-state index contributed by atoms with van der Waals surface area (Å²) >= 11 is 0. The van der Waals surface area contributed by atoms with Crippen LogP contribution in [-0.4, -0.2) is 136 Å². The summed E-state index contributed by atoms with van der Waals surface area (Å²) in [4.78, 5) is 68.8. The number of esters is 3. The van der Waals surface area contributed by atoms with E-state index >= 15 is 0 Å². The predicted molar refractivity (Wildman–Crippen MR) is 186 cm³/mol. The van der Waals surface area contributed by atoms with Crippen LogP contribution >= 0.6 is 17.3 Å². The molecule has 2 fully saturated rings.